The van der Waals surface area contributed by atoms with Gasteiger partial charge in [-0.1, -0.05) is 28.1 Å². The van der Waals surface area contributed by atoms with Crippen molar-refractivity contribution in [1.29, 1.82) is 0 Å². The van der Waals surface area contributed by atoms with E-state index in [1.165, 1.54) is 5.56 Å². The third kappa shape index (κ3) is 5.52. The van der Waals surface area contributed by atoms with Crippen LogP contribution in [0.5, 0.6) is 5.75 Å². The molecule has 17 heavy (non-hydrogen) atoms. The fourth-order valence-electron chi connectivity index (χ4n) is 1.60. The van der Waals surface area contributed by atoms with Crippen LogP contribution >= 0.6 is 15.9 Å². The molecule has 1 aromatic carbocycles. The Hall–Kier alpha value is -0.580. The summed E-state index contributed by atoms with van der Waals surface area (Å²) >= 11 is 3.48. The summed E-state index contributed by atoms with van der Waals surface area (Å²) in [5.41, 5.74) is 1.29. The van der Waals surface area contributed by atoms with E-state index in [2.05, 4.69) is 33.0 Å². The van der Waals surface area contributed by atoms with Gasteiger partial charge in [-0.15, -0.1) is 0 Å². The zero-order valence-corrected chi connectivity index (χ0v) is 12.1. The molecule has 0 atom stereocenters. The highest BCUT2D eigenvalue weighted by Gasteiger charge is 2.05. The summed E-state index contributed by atoms with van der Waals surface area (Å²) in [6, 6.07) is 8.20. The minimum atomic E-state index is 0.767. The molecule has 0 fully saturated rings. The molecule has 1 aromatic rings. The Morgan fingerprint density at radius 2 is 1.82 bits per heavy atom. The lowest BCUT2D eigenvalue weighted by molar-refractivity contribution is 0.148. The van der Waals surface area contributed by atoms with Crippen molar-refractivity contribution in [3.8, 4) is 5.75 Å². The molecule has 1 rings (SSSR count). The van der Waals surface area contributed by atoms with Crippen molar-refractivity contribution >= 4 is 15.9 Å². The molecule has 0 saturated heterocycles. The quantitative estimate of drug-likeness (QED) is 0.689. The molecule has 0 unspecified atom stereocenters. The van der Waals surface area contributed by atoms with Gasteiger partial charge in [0, 0.05) is 32.1 Å². The van der Waals surface area contributed by atoms with Crippen molar-refractivity contribution in [2.24, 2.45) is 0 Å². The lowest BCUT2D eigenvalue weighted by atomic mass is 10.2. The van der Waals surface area contributed by atoms with Crippen molar-refractivity contribution in [2.45, 2.75) is 6.54 Å². The average molecular weight is 302 g/mol. The summed E-state index contributed by atoms with van der Waals surface area (Å²) in [6.07, 6.45) is 0. The molecular weight excluding hydrogens is 282 g/mol. The number of halogens is 1. The number of nitrogens with zero attached hydrogens (tertiary/aromatic N) is 1. The first kappa shape index (κ1) is 14.5. The Kier molecular flexibility index (Phi) is 7.24. The van der Waals surface area contributed by atoms with Gasteiger partial charge in [-0.25, -0.2) is 0 Å². The Morgan fingerprint density at radius 1 is 1.12 bits per heavy atom. The molecule has 0 N–H and O–H groups in total. The van der Waals surface area contributed by atoms with Crippen LogP contribution in [-0.2, 0) is 11.3 Å². The van der Waals surface area contributed by atoms with Gasteiger partial charge in [-0.2, -0.15) is 0 Å². The fraction of sp³-hybridized carbons (Fsp3) is 0.538. The number of benzene rings is 1. The van der Waals surface area contributed by atoms with Gasteiger partial charge in [0.2, 0.25) is 0 Å². The van der Waals surface area contributed by atoms with E-state index in [0.29, 0.717) is 0 Å². The van der Waals surface area contributed by atoms with Gasteiger partial charge in [-0.3, -0.25) is 4.90 Å². The smallest absolute Gasteiger partial charge is 0.118 e. The van der Waals surface area contributed by atoms with Crippen molar-refractivity contribution in [3.05, 3.63) is 29.8 Å². The molecule has 0 spiro atoms. The van der Waals surface area contributed by atoms with E-state index in [1.54, 1.807) is 14.2 Å². The average Bonchev–Trinajstić information content (AvgIpc) is 2.37. The second-order valence-electron chi connectivity index (χ2n) is 3.81. The highest BCUT2D eigenvalue weighted by atomic mass is 79.9. The zero-order chi connectivity index (χ0) is 12.5. The van der Waals surface area contributed by atoms with Crippen molar-refractivity contribution in [1.82, 2.24) is 4.90 Å². The van der Waals surface area contributed by atoms with Crippen molar-refractivity contribution in [2.75, 3.05) is 39.2 Å². The van der Waals surface area contributed by atoms with E-state index >= 15 is 0 Å². The topological polar surface area (TPSA) is 21.7 Å². The maximum absolute atomic E-state index is 5.15. The third-order valence-corrected chi connectivity index (χ3v) is 2.93. The zero-order valence-electron chi connectivity index (χ0n) is 10.5. The van der Waals surface area contributed by atoms with Crippen LogP contribution < -0.4 is 4.74 Å². The van der Waals surface area contributed by atoms with E-state index in [-0.39, 0.29) is 0 Å². The predicted octanol–water partition coefficient (Wildman–Crippen LogP) is 2.54. The van der Waals surface area contributed by atoms with Crippen LogP contribution in [-0.4, -0.2) is 44.1 Å². The second-order valence-corrected chi connectivity index (χ2v) is 4.60. The lowest BCUT2D eigenvalue weighted by Gasteiger charge is -2.21. The van der Waals surface area contributed by atoms with Gasteiger partial charge in [-0.05, 0) is 17.7 Å². The monoisotopic (exact) mass is 301 g/mol. The molecule has 0 saturated carbocycles. The van der Waals surface area contributed by atoms with Crippen LogP contribution in [0.4, 0.5) is 0 Å². The van der Waals surface area contributed by atoms with Gasteiger partial charge >= 0.3 is 0 Å². The molecular formula is C13H20BrNO2. The van der Waals surface area contributed by atoms with E-state index in [1.807, 2.05) is 12.1 Å². The van der Waals surface area contributed by atoms with Crippen LogP contribution in [0.1, 0.15) is 5.56 Å². The van der Waals surface area contributed by atoms with Crippen LogP contribution in [0.3, 0.4) is 0 Å². The maximum atomic E-state index is 5.15. The standard InChI is InChI=1S/C13H20BrNO2/c1-16-10-9-15(8-7-14)11-12-3-5-13(17-2)6-4-12/h3-6H,7-11H2,1-2H3. The fourth-order valence-corrected chi connectivity index (χ4v) is 2.10. The maximum Gasteiger partial charge on any atom is 0.118 e. The summed E-state index contributed by atoms with van der Waals surface area (Å²) in [5, 5.41) is 0.979. The van der Waals surface area contributed by atoms with Crippen LogP contribution in [0, 0.1) is 0 Å². The van der Waals surface area contributed by atoms with Gasteiger partial charge in [0.1, 0.15) is 5.75 Å². The summed E-state index contributed by atoms with van der Waals surface area (Å²) in [5.74, 6) is 0.901. The molecule has 0 radical (unpaired) electrons. The normalized spacial score (nSPS) is 10.8. The van der Waals surface area contributed by atoms with E-state index in [4.69, 9.17) is 9.47 Å². The lowest BCUT2D eigenvalue weighted by Crippen LogP contribution is -2.28. The number of alkyl halides is 1. The number of hydrogen-bond acceptors (Lipinski definition) is 3. The molecule has 0 aliphatic carbocycles. The second kappa shape index (κ2) is 8.50. The van der Waals surface area contributed by atoms with Crippen LogP contribution in [0.2, 0.25) is 0 Å². The van der Waals surface area contributed by atoms with Gasteiger partial charge in [0.05, 0.1) is 13.7 Å². The van der Waals surface area contributed by atoms with E-state index in [0.717, 1.165) is 37.3 Å². The van der Waals surface area contributed by atoms with E-state index < -0.39 is 0 Å². The van der Waals surface area contributed by atoms with Crippen molar-refractivity contribution < 1.29 is 9.47 Å². The molecule has 96 valence electrons. The molecule has 0 heterocycles. The third-order valence-electron chi connectivity index (χ3n) is 2.58. The Labute approximate surface area is 112 Å². The van der Waals surface area contributed by atoms with Crippen LogP contribution in [0.25, 0.3) is 0 Å². The number of ether oxygens (including phenoxy) is 2. The first-order chi connectivity index (χ1) is 8.30. The summed E-state index contributed by atoms with van der Waals surface area (Å²) < 4.78 is 10.3. The Balaban J connectivity index is 2.51. The first-order valence-electron chi connectivity index (χ1n) is 5.70. The molecule has 0 bridgehead atoms. The largest absolute Gasteiger partial charge is 0.497 e. The summed E-state index contributed by atoms with van der Waals surface area (Å²) in [6.45, 7) is 3.69. The van der Waals surface area contributed by atoms with Gasteiger partial charge < -0.3 is 9.47 Å². The minimum Gasteiger partial charge on any atom is -0.497 e. The number of rotatable bonds is 8. The van der Waals surface area contributed by atoms with Crippen molar-refractivity contribution in [3.63, 3.8) is 0 Å². The number of hydrogen-bond donors (Lipinski definition) is 0. The summed E-state index contributed by atoms with van der Waals surface area (Å²) in [7, 11) is 3.42. The number of methoxy groups -OCH3 is 2. The predicted molar refractivity (Wildman–Crippen MR) is 73.9 cm³/mol. The van der Waals surface area contributed by atoms with Crippen LogP contribution in [0.15, 0.2) is 24.3 Å². The molecule has 0 aliphatic rings. The first-order valence-corrected chi connectivity index (χ1v) is 6.82. The highest BCUT2D eigenvalue weighted by molar-refractivity contribution is 9.09. The molecule has 0 aliphatic heterocycles. The minimum absolute atomic E-state index is 0.767. The molecule has 0 aromatic heterocycles. The van der Waals surface area contributed by atoms with Gasteiger partial charge in [0.25, 0.3) is 0 Å². The summed E-state index contributed by atoms with van der Waals surface area (Å²) in [4.78, 5) is 2.36. The Bertz CT molecular complexity index is 303. The SMILES string of the molecule is COCCN(CCBr)Cc1ccc(OC)cc1. The molecule has 0 amide bonds. The van der Waals surface area contributed by atoms with Gasteiger partial charge in [0.15, 0.2) is 0 Å². The Morgan fingerprint density at radius 3 is 2.35 bits per heavy atom. The molecule has 3 nitrogen and oxygen atoms in total. The molecule has 4 heteroatoms. The highest BCUT2D eigenvalue weighted by Crippen LogP contribution is 2.13. The van der Waals surface area contributed by atoms with E-state index in [9.17, 15) is 0 Å².